The van der Waals surface area contributed by atoms with Crippen LogP contribution in [0.3, 0.4) is 0 Å². The molecule has 1 unspecified atom stereocenters. The van der Waals surface area contributed by atoms with Crippen LogP contribution in [-0.4, -0.2) is 18.6 Å². The van der Waals surface area contributed by atoms with Crippen molar-refractivity contribution in [3.63, 3.8) is 0 Å². The summed E-state index contributed by atoms with van der Waals surface area (Å²) in [4.78, 5) is 8.60. The molecule has 0 aromatic heterocycles. The zero-order valence-corrected chi connectivity index (χ0v) is 5.13. The molecule has 6 heavy (non-hydrogen) atoms. The Hall–Kier alpha value is 0.570. The zero-order valence-electron chi connectivity index (χ0n) is 4.42. The monoisotopic (exact) mass is 127 g/mol. The van der Waals surface area contributed by atoms with E-state index in [0.717, 1.165) is 0 Å². The lowest BCUT2D eigenvalue weighted by molar-refractivity contribution is 0.393. The molecular formula is C2H7O2PS. The lowest BCUT2D eigenvalue weighted by Gasteiger charge is -2.01. The molecule has 0 aliphatic rings. The van der Waals surface area contributed by atoms with Gasteiger partial charge in [-0.15, -0.1) is 0 Å². The average molecular weight is 127 g/mol. The molecule has 0 aliphatic carbocycles. The van der Waals surface area contributed by atoms with Crippen molar-refractivity contribution in [2.75, 3.05) is 13.8 Å². The number of hydrogen-bond acceptors (Lipinski definition) is 2. The van der Waals surface area contributed by atoms with Crippen molar-refractivity contribution >= 4 is 18.3 Å². The van der Waals surface area contributed by atoms with Crippen LogP contribution in [0.15, 0.2) is 0 Å². The Kier molecular flexibility index (Phi) is 1.60. The molecule has 0 heterocycles. The second-order valence-corrected chi connectivity index (χ2v) is 4.83. The third-order valence-electron chi connectivity index (χ3n) is 0.240. The van der Waals surface area contributed by atoms with Gasteiger partial charge >= 0.3 is 0 Å². The standard InChI is InChI=1S/C2H7O2PS/c1-4-5(2,3)6/h1-2H3,(H,3,6)/i1D. The van der Waals surface area contributed by atoms with E-state index < -0.39 is 6.49 Å². The first kappa shape index (κ1) is 4.72. The first-order valence-corrected chi connectivity index (χ1v) is 4.42. The van der Waals surface area contributed by atoms with Gasteiger partial charge in [0.15, 0.2) is 6.49 Å². The van der Waals surface area contributed by atoms with Crippen molar-refractivity contribution in [3.05, 3.63) is 0 Å². The fraction of sp³-hybridized carbons (Fsp3) is 1.00. The molecule has 0 radical (unpaired) electrons. The predicted molar refractivity (Wildman–Crippen MR) is 29.4 cm³/mol. The highest BCUT2D eigenvalue weighted by atomic mass is 32.5. The SMILES string of the molecule is [2H]COP(C)(O)=S. The molecule has 0 saturated carbocycles. The third kappa shape index (κ3) is 4.57. The summed E-state index contributed by atoms with van der Waals surface area (Å²) in [5.41, 5.74) is 0. The maximum absolute atomic E-state index is 8.60. The van der Waals surface area contributed by atoms with Gasteiger partial charge in [-0.2, -0.15) is 0 Å². The number of rotatable bonds is 1. The van der Waals surface area contributed by atoms with E-state index in [1.807, 2.05) is 0 Å². The molecule has 0 rings (SSSR count). The molecule has 0 aliphatic heterocycles. The van der Waals surface area contributed by atoms with E-state index in [1.54, 1.807) is 0 Å². The first-order chi connectivity index (χ1) is 3.06. The first-order valence-electron chi connectivity index (χ1n) is 2.01. The van der Waals surface area contributed by atoms with Gasteiger partial charge in [-0.25, -0.2) is 0 Å². The second kappa shape index (κ2) is 2.03. The lowest BCUT2D eigenvalue weighted by atomic mass is 11.8. The predicted octanol–water partition coefficient (Wildman–Crippen LogP) is 0.564. The molecule has 4 heteroatoms. The van der Waals surface area contributed by atoms with Gasteiger partial charge in [0.25, 0.3) is 0 Å². The Morgan fingerprint density at radius 3 is 2.67 bits per heavy atom. The van der Waals surface area contributed by atoms with Crippen molar-refractivity contribution in [3.8, 4) is 0 Å². The van der Waals surface area contributed by atoms with Gasteiger partial charge in [-0.1, -0.05) is 0 Å². The molecule has 1 atom stereocenters. The Morgan fingerprint density at radius 1 is 2.17 bits per heavy atom. The summed E-state index contributed by atoms with van der Waals surface area (Å²) in [6.07, 6.45) is 0. The van der Waals surface area contributed by atoms with Gasteiger partial charge < -0.3 is 9.42 Å². The number of hydrogen-bond donors (Lipinski definition) is 1. The summed E-state index contributed by atoms with van der Waals surface area (Å²) in [5, 5.41) is 0. The van der Waals surface area contributed by atoms with Crippen LogP contribution in [0.2, 0.25) is 0 Å². The van der Waals surface area contributed by atoms with E-state index >= 15 is 0 Å². The van der Waals surface area contributed by atoms with Crippen LogP contribution in [0, 0.1) is 0 Å². The highest BCUT2D eigenvalue weighted by Gasteiger charge is 1.95. The van der Waals surface area contributed by atoms with E-state index in [9.17, 15) is 0 Å². The normalized spacial score (nSPS) is 22.0. The van der Waals surface area contributed by atoms with Crippen LogP contribution in [-0.2, 0) is 16.3 Å². The van der Waals surface area contributed by atoms with E-state index in [0.29, 0.717) is 0 Å². The summed E-state index contributed by atoms with van der Waals surface area (Å²) in [7, 11) is -0.246. The lowest BCUT2D eigenvalue weighted by Crippen LogP contribution is -1.74. The van der Waals surface area contributed by atoms with E-state index in [4.69, 9.17) is 6.26 Å². The van der Waals surface area contributed by atoms with E-state index in [1.165, 1.54) is 6.66 Å². The Bertz CT molecular complexity index is 89.7. The van der Waals surface area contributed by atoms with Crippen molar-refractivity contribution < 1.29 is 10.8 Å². The molecule has 0 bridgehead atoms. The van der Waals surface area contributed by atoms with Crippen molar-refractivity contribution in [1.82, 2.24) is 0 Å². The van der Waals surface area contributed by atoms with Crippen LogP contribution >= 0.6 is 6.49 Å². The van der Waals surface area contributed by atoms with Gasteiger partial charge in [-0.05, 0) is 11.8 Å². The smallest absolute Gasteiger partial charge is 0.182 e. The van der Waals surface area contributed by atoms with Crippen LogP contribution < -0.4 is 0 Å². The van der Waals surface area contributed by atoms with Crippen molar-refractivity contribution in [2.24, 2.45) is 0 Å². The van der Waals surface area contributed by atoms with E-state index in [2.05, 4.69) is 16.3 Å². The third-order valence-corrected chi connectivity index (χ3v) is 1.03. The van der Waals surface area contributed by atoms with Gasteiger partial charge in [0, 0.05) is 13.8 Å². The maximum atomic E-state index is 8.60. The molecule has 2 nitrogen and oxygen atoms in total. The molecule has 0 amide bonds. The van der Waals surface area contributed by atoms with Crippen molar-refractivity contribution in [2.45, 2.75) is 0 Å². The summed E-state index contributed by atoms with van der Waals surface area (Å²) >= 11 is 4.41. The van der Waals surface area contributed by atoms with Gasteiger partial charge in [-0.3, -0.25) is 0 Å². The Balaban J connectivity index is 3.36. The maximum Gasteiger partial charge on any atom is 0.182 e. The van der Waals surface area contributed by atoms with Gasteiger partial charge in [0.05, 0.1) is 1.37 Å². The average Bonchev–Trinajstić information content (AvgIpc) is 1.30. The topological polar surface area (TPSA) is 29.5 Å². The molecule has 0 spiro atoms. The van der Waals surface area contributed by atoms with Gasteiger partial charge in [0.1, 0.15) is 0 Å². The minimum Gasteiger partial charge on any atom is -0.345 e. The van der Waals surface area contributed by atoms with Gasteiger partial charge in [0.2, 0.25) is 0 Å². The van der Waals surface area contributed by atoms with Crippen LogP contribution in [0.5, 0.6) is 0 Å². The Labute approximate surface area is 43.7 Å². The van der Waals surface area contributed by atoms with Crippen LogP contribution in [0.4, 0.5) is 0 Å². The molecule has 0 fully saturated rings. The molecular weight excluding hydrogens is 119 g/mol. The van der Waals surface area contributed by atoms with E-state index in [-0.39, 0.29) is 7.09 Å². The van der Waals surface area contributed by atoms with Crippen LogP contribution in [0.1, 0.15) is 1.37 Å². The fourth-order valence-electron chi connectivity index (χ4n) is 0. The minimum atomic E-state index is -2.52. The zero-order chi connectivity index (χ0) is 5.91. The second-order valence-electron chi connectivity index (χ2n) is 0.932. The highest BCUT2D eigenvalue weighted by Crippen LogP contribution is 2.34. The van der Waals surface area contributed by atoms with Crippen molar-refractivity contribution in [1.29, 1.82) is 0 Å². The summed E-state index contributed by atoms with van der Waals surface area (Å²) in [6, 6.07) is 0. The molecule has 0 aromatic carbocycles. The largest absolute Gasteiger partial charge is 0.345 e. The highest BCUT2D eigenvalue weighted by molar-refractivity contribution is 8.09. The molecule has 38 valence electrons. The molecule has 1 N–H and O–H groups in total. The summed E-state index contributed by atoms with van der Waals surface area (Å²) in [5.74, 6) is 0. The molecule has 0 aromatic rings. The fourth-order valence-corrected chi connectivity index (χ4v) is 0. The quantitative estimate of drug-likeness (QED) is 0.522. The minimum absolute atomic E-state index is 0.246. The summed E-state index contributed by atoms with van der Waals surface area (Å²) in [6.45, 7) is -1.11. The Morgan fingerprint density at radius 2 is 2.67 bits per heavy atom. The molecule has 0 saturated heterocycles. The summed E-state index contributed by atoms with van der Waals surface area (Å²) < 4.78 is 10.8. The van der Waals surface area contributed by atoms with Crippen LogP contribution in [0.25, 0.3) is 0 Å².